The summed E-state index contributed by atoms with van der Waals surface area (Å²) in [6.07, 6.45) is 0.584. The van der Waals surface area contributed by atoms with Crippen LogP contribution < -0.4 is 10.6 Å². The number of hydrogen-bond donors (Lipinski definition) is 3. The van der Waals surface area contributed by atoms with Gasteiger partial charge in [0.15, 0.2) is 0 Å². The Balaban J connectivity index is 1.72. The molecule has 0 aliphatic rings. The van der Waals surface area contributed by atoms with Gasteiger partial charge in [0.25, 0.3) is 0 Å². The third-order valence-corrected chi connectivity index (χ3v) is 3.61. The van der Waals surface area contributed by atoms with Crippen molar-refractivity contribution in [2.75, 3.05) is 10.6 Å². The van der Waals surface area contributed by atoms with Gasteiger partial charge in [-0.05, 0) is 18.2 Å². The molecule has 3 rings (SSSR count). The van der Waals surface area contributed by atoms with Gasteiger partial charge in [0.1, 0.15) is 17.2 Å². The van der Waals surface area contributed by atoms with E-state index in [4.69, 9.17) is 0 Å². The normalized spacial score (nSPS) is 11.1. The third kappa shape index (κ3) is 4.34. The number of pyridine rings is 2. The van der Waals surface area contributed by atoms with E-state index < -0.39 is 17.7 Å². The summed E-state index contributed by atoms with van der Waals surface area (Å²) in [4.78, 5) is 7.13. The van der Waals surface area contributed by atoms with Crippen LogP contribution in [0.4, 0.5) is 28.9 Å². The second kappa shape index (κ2) is 7.51. The van der Waals surface area contributed by atoms with Crippen molar-refractivity contribution in [3.8, 4) is 0 Å². The number of anilines is 2. The Kier molecular flexibility index (Phi) is 5.12. The van der Waals surface area contributed by atoms with Gasteiger partial charge in [-0.2, -0.15) is 18.3 Å². The number of nitrogens with one attached hydrogen (secondary N) is 3. The van der Waals surface area contributed by atoms with Crippen LogP contribution in [0.1, 0.15) is 17.0 Å². The Morgan fingerprint density at radius 2 is 1.82 bits per heavy atom. The zero-order chi connectivity index (χ0) is 20.3. The van der Waals surface area contributed by atoms with Gasteiger partial charge in [-0.25, -0.2) is 9.37 Å². The highest BCUT2D eigenvalue weighted by Gasteiger charge is 2.32. The van der Waals surface area contributed by atoms with Crippen molar-refractivity contribution in [1.29, 1.82) is 0 Å². The molecule has 6 nitrogen and oxygen atoms in total. The molecule has 0 aliphatic carbocycles. The van der Waals surface area contributed by atoms with E-state index in [1.807, 2.05) is 0 Å². The van der Waals surface area contributed by atoms with Crippen molar-refractivity contribution in [2.24, 2.45) is 0 Å². The van der Waals surface area contributed by atoms with Crippen molar-refractivity contribution in [3.05, 3.63) is 78.9 Å². The molecule has 0 amide bonds. The van der Waals surface area contributed by atoms with E-state index in [9.17, 15) is 17.6 Å². The van der Waals surface area contributed by atoms with Gasteiger partial charge >= 0.3 is 6.18 Å². The number of rotatable bonds is 6. The van der Waals surface area contributed by atoms with Gasteiger partial charge < -0.3 is 10.6 Å². The Bertz CT molecular complexity index is 1010. The van der Waals surface area contributed by atoms with Crippen molar-refractivity contribution >= 4 is 22.8 Å². The fraction of sp³-hybridized carbons (Fsp3) is 0.0556. The van der Waals surface area contributed by atoms with Crippen LogP contribution in [0.5, 0.6) is 0 Å². The molecule has 0 aliphatic heterocycles. The average Bonchev–Trinajstić information content (AvgIpc) is 3.09. The molecular formula is C18H14F4N6. The molecule has 0 atom stereocenters. The first-order chi connectivity index (χ1) is 13.2. The topological polar surface area (TPSA) is 78.5 Å². The molecule has 0 saturated heterocycles. The fourth-order valence-electron chi connectivity index (χ4n) is 2.30. The smallest absolute Gasteiger partial charge is 0.353 e. The van der Waals surface area contributed by atoms with E-state index in [2.05, 4.69) is 44.0 Å². The number of alkyl halides is 3. The average molecular weight is 390 g/mol. The fourth-order valence-corrected chi connectivity index (χ4v) is 2.30. The summed E-state index contributed by atoms with van der Waals surface area (Å²) in [7, 11) is 0. The van der Waals surface area contributed by atoms with Crippen LogP contribution >= 0.6 is 0 Å². The molecule has 10 heteroatoms. The van der Waals surface area contributed by atoms with E-state index in [1.54, 1.807) is 0 Å². The zero-order valence-corrected chi connectivity index (χ0v) is 14.3. The van der Waals surface area contributed by atoms with Crippen molar-refractivity contribution in [1.82, 2.24) is 20.2 Å². The highest BCUT2D eigenvalue weighted by Crippen LogP contribution is 2.29. The SMILES string of the molecule is C=C(Nc1c[nH]nc1C(=C)Nc1ccc(C(F)(F)F)nc1)c1cncc(F)c1. The molecule has 0 spiro atoms. The van der Waals surface area contributed by atoms with E-state index in [0.717, 1.165) is 18.5 Å². The Hall–Kier alpha value is -3.69. The molecule has 0 unspecified atom stereocenters. The number of halogens is 4. The summed E-state index contributed by atoms with van der Waals surface area (Å²) < 4.78 is 51.1. The van der Waals surface area contributed by atoms with Gasteiger partial charge in [0.05, 0.1) is 29.5 Å². The predicted octanol–water partition coefficient (Wildman–Crippen LogP) is 4.52. The van der Waals surface area contributed by atoms with Crippen LogP contribution in [0.3, 0.4) is 0 Å². The van der Waals surface area contributed by atoms with Gasteiger partial charge in [0.2, 0.25) is 0 Å². The lowest BCUT2D eigenvalue weighted by Gasteiger charge is -2.13. The number of nitrogens with zero attached hydrogens (tertiary/aromatic N) is 3. The number of H-pyrrole nitrogens is 1. The van der Waals surface area contributed by atoms with Crippen LogP contribution in [-0.2, 0) is 6.18 Å². The maximum atomic E-state index is 13.3. The number of aromatic nitrogens is 4. The maximum absolute atomic E-state index is 13.3. The Morgan fingerprint density at radius 3 is 2.46 bits per heavy atom. The van der Waals surface area contributed by atoms with E-state index in [1.165, 1.54) is 24.5 Å². The maximum Gasteiger partial charge on any atom is 0.433 e. The quantitative estimate of drug-likeness (QED) is 0.540. The number of hydrogen-bond acceptors (Lipinski definition) is 5. The summed E-state index contributed by atoms with van der Waals surface area (Å²) in [5.74, 6) is -0.506. The second-order valence-electron chi connectivity index (χ2n) is 5.68. The van der Waals surface area contributed by atoms with Crippen LogP contribution in [-0.4, -0.2) is 20.2 Å². The molecule has 0 saturated carbocycles. The van der Waals surface area contributed by atoms with Gasteiger partial charge in [-0.1, -0.05) is 13.2 Å². The third-order valence-electron chi connectivity index (χ3n) is 3.61. The van der Waals surface area contributed by atoms with Crippen LogP contribution in [0.2, 0.25) is 0 Å². The summed E-state index contributed by atoms with van der Waals surface area (Å²) >= 11 is 0. The summed E-state index contributed by atoms with van der Waals surface area (Å²) in [6.45, 7) is 7.66. The largest absolute Gasteiger partial charge is 0.433 e. The molecule has 3 aromatic heterocycles. The first-order valence-corrected chi connectivity index (χ1v) is 7.84. The molecule has 0 bridgehead atoms. The molecule has 0 aromatic carbocycles. The van der Waals surface area contributed by atoms with Crippen molar-refractivity contribution in [2.45, 2.75) is 6.18 Å². The highest BCUT2D eigenvalue weighted by atomic mass is 19.4. The second-order valence-corrected chi connectivity index (χ2v) is 5.68. The van der Waals surface area contributed by atoms with Crippen LogP contribution in [0, 0.1) is 5.82 Å². The van der Waals surface area contributed by atoms with E-state index in [0.29, 0.717) is 34.0 Å². The predicted molar refractivity (Wildman–Crippen MR) is 97.3 cm³/mol. The minimum Gasteiger partial charge on any atom is -0.353 e. The van der Waals surface area contributed by atoms with Gasteiger partial charge in [-0.3, -0.25) is 10.1 Å². The molecule has 0 fully saturated rings. The summed E-state index contributed by atoms with van der Waals surface area (Å²) in [5.41, 5.74) is 1.27. The lowest BCUT2D eigenvalue weighted by Crippen LogP contribution is -2.08. The van der Waals surface area contributed by atoms with Crippen LogP contribution in [0.15, 0.2) is 56.1 Å². The summed E-state index contributed by atoms with van der Waals surface area (Å²) in [6, 6.07) is 3.36. The molecule has 0 radical (unpaired) electrons. The minimum atomic E-state index is -4.51. The zero-order valence-electron chi connectivity index (χ0n) is 14.3. The van der Waals surface area contributed by atoms with Gasteiger partial charge in [-0.15, -0.1) is 0 Å². The van der Waals surface area contributed by atoms with Crippen molar-refractivity contribution in [3.63, 3.8) is 0 Å². The highest BCUT2D eigenvalue weighted by molar-refractivity contribution is 5.84. The molecule has 3 aromatic rings. The lowest BCUT2D eigenvalue weighted by molar-refractivity contribution is -0.141. The lowest BCUT2D eigenvalue weighted by atomic mass is 10.2. The molecule has 144 valence electrons. The first-order valence-electron chi connectivity index (χ1n) is 7.84. The molecule has 28 heavy (non-hydrogen) atoms. The van der Waals surface area contributed by atoms with E-state index in [-0.39, 0.29) is 0 Å². The Morgan fingerprint density at radius 1 is 1.04 bits per heavy atom. The van der Waals surface area contributed by atoms with Crippen molar-refractivity contribution < 1.29 is 17.6 Å². The monoisotopic (exact) mass is 390 g/mol. The molecule has 3 heterocycles. The molecular weight excluding hydrogens is 376 g/mol. The minimum absolute atomic E-state index is 0.301. The summed E-state index contributed by atoms with van der Waals surface area (Å²) in [5, 5.41) is 12.5. The Labute approximate surface area is 157 Å². The van der Waals surface area contributed by atoms with Crippen LogP contribution in [0.25, 0.3) is 11.4 Å². The molecule has 3 N–H and O–H groups in total. The van der Waals surface area contributed by atoms with Gasteiger partial charge in [0, 0.05) is 23.7 Å². The number of aromatic amines is 1. The standard InChI is InChI=1S/C18H14F4N6/c1-10(12-5-13(19)7-23-6-12)27-15-9-25-28-17(15)11(2)26-14-3-4-16(24-8-14)18(20,21)22/h3-9,26-27H,1-2H2,(H,25,28). The first kappa shape index (κ1) is 19.1. The van der Waals surface area contributed by atoms with E-state index >= 15 is 0 Å².